The van der Waals surface area contributed by atoms with Gasteiger partial charge in [-0.05, 0) is 70.5 Å². The maximum absolute atomic E-state index is 6.02. The average Bonchev–Trinajstić information content (AvgIpc) is 2.83. The summed E-state index contributed by atoms with van der Waals surface area (Å²) in [5.41, 5.74) is 7.83. The number of thioether (sulfide) groups is 1. The van der Waals surface area contributed by atoms with E-state index in [1.165, 1.54) is 32.7 Å². The molecule has 0 N–H and O–H groups in total. The first-order valence-corrected chi connectivity index (χ1v) is 11.5. The second-order valence-corrected chi connectivity index (χ2v) is 9.10. The smallest absolute Gasteiger partial charge is 0.118 e. The SMILES string of the molecule is COc1ccc(C(=S)C2=CC3=C(SC2c2ccccc2)c2ccccc2CC3)cc1. The number of hydrogen-bond donors (Lipinski definition) is 0. The number of thiocarbonyl (C=S) groups is 1. The second-order valence-electron chi connectivity index (χ2n) is 7.58. The highest BCUT2D eigenvalue weighted by Crippen LogP contribution is 2.53. The van der Waals surface area contributed by atoms with Crippen molar-refractivity contribution in [1.29, 1.82) is 0 Å². The summed E-state index contributed by atoms with van der Waals surface area (Å²) >= 11 is 7.97. The Bertz CT molecular complexity index is 1160. The summed E-state index contributed by atoms with van der Waals surface area (Å²) in [6, 6.07) is 27.6. The molecule has 30 heavy (non-hydrogen) atoms. The standard InChI is InChI=1S/C27H22OS2/c1-28-22-15-13-19(14-16-22)25(29)24-17-21-12-11-18-7-5-6-10-23(18)27(21)30-26(24)20-8-3-2-4-9-20/h2-10,13-17,26H,11-12H2,1H3. The average molecular weight is 427 g/mol. The minimum Gasteiger partial charge on any atom is -0.497 e. The molecule has 1 aliphatic heterocycles. The van der Waals surface area contributed by atoms with Gasteiger partial charge >= 0.3 is 0 Å². The lowest BCUT2D eigenvalue weighted by Crippen LogP contribution is -2.15. The molecule has 3 aromatic rings. The molecule has 148 valence electrons. The molecule has 3 aromatic carbocycles. The Morgan fingerprint density at radius 2 is 1.63 bits per heavy atom. The van der Waals surface area contributed by atoms with Gasteiger partial charge in [0.1, 0.15) is 5.75 Å². The molecular weight excluding hydrogens is 404 g/mol. The van der Waals surface area contributed by atoms with E-state index in [0.29, 0.717) is 0 Å². The van der Waals surface area contributed by atoms with E-state index in [0.717, 1.165) is 29.0 Å². The molecule has 5 rings (SSSR count). The molecule has 1 unspecified atom stereocenters. The van der Waals surface area contributed by atoms with Crippen molar-refractivity contribution in [2.24, 2.45) is 0 Å². The van der Waals surface area contributed by atoms with Crippen LogP contribution in [0.5, 0.6) is 5.75 Å². The van der Waals surface area contributed by atoms with Crippen LogP contribution in [0.3, 0.4) is 0 Å². The predicted molar refractivity (Wildman–Crippen MR) is 131 cm³/mol. The fraction of sp³-hybridized carbons (Fsp3) is 0.148. The van der Waals surface area contributed by atoms with E-state index in [-0.39, 0.29) is 5.25 Å². The summed E-state index contributed by atoms with van der Waals surface area (Å²) < 4.78 is 5.32. The third-order valence-corrected chi connectivity index (χ3v) is 7.73. The van der Waals surface area contributed by atoms with Crippen molar-refractivity contribution in [2.75, 3.05) is 7.11 Å². The fourth-order valence-corrected chi connectivity index (χ4v) is 6.07. The Labute approximate surface area is 187 Å². The molecule has 1 atom stereocenters. The highest BCUT2D eigenvalue weighted by molar-refractivity contribution is 8.08. The molecule has 0 fully saturated rings. The quantitative estimate of drug-likeness (QED) is 0.323. The fourth-order valence-electron chi connectivity index (χ4n) is 4.21. The van der Waals surface area contributed by atoms with Crippen LogP contribution in [0, 0.1) is 0 Å². The third-order valence-electron chi connectivity index (χ3n) is 5.78. The van der Waals surface area contributed by atoms with E-state index in [2.05, 4.69) is 72.8 Å². The minimum atomic E-state index is 0.186. The molecule has 0 aromatic heterocycles. The van der Waals surface area contributed by atoms with E-state index in [1.807, 2.05) is 23.9 Å². The molecule has 0 spiro atoms. The van der Waals surface area contributed by atoms with Gasteiger partial charge in [-0.3, -0.25) is 0 Å². The Balaban J connectivity index is 1.61. The summed E-state index contributed by atoms with van der Waals surface area (Å²) in [5, 5.41) is 0.186. The van der Waals surface area contributed by atoms with Crippen LogP contribution < -0.4 is 4.74 Å². The van der Waals surface area contributed by atoms with Gasteiger partial charge in [0.2, 0.25) is 0 Å². The number of allylic oxidation sites excluding steroid dienone is 2. The van der Waals surface area contributed by atoms with Crippen LogP contribution in [-0.2, 0) is 6.42 Å². The molecule has 1 nitrogen and oxygen atoms in total. The summed E-state index contributed by atoms with van der Waals surface area (Å²) in [4.78, 5) is 2.33. The summed E-state index contributed by atoms with van der Waals surface area (Å²) in [6.07, 6.45) is 4.52. The first-order chi connectivity index (χ1) is 14.7. The van der Waals surface area contributed by atoms with Crippen LogP contribution >= 0.6 is 24.0 Å². The Morgan fingerprint density at radius 3 is 2.40 bits per heavy atom. The number of fused-ring (bicyclic) bond motifs is 2. The number of aryl methyl sites for hydroxylation is 1. The van der Waals surface area contributed by atoms with Crippen LogP contribution in [0.25, 0.3) is 4.91 Å². The predicted octanol–water partition coefficient (Wildman–Crippen LogP) is 7.19. The van der Waals surface area contributed by atoms with Gasteiger partial charge in [0.05, 0.1) is 12.4 Å². The molecule has 0 amide bonds. The van der Waals surface area contributed by atoms with Crippen LogP contribution in [0.15, 0.2) is 96.1 Å². The molecular formula is C27H22OS2. The largest absolute Gasteiger partial charge is 0.497 e. The third kappa shape index (κ3) is 3.53. The van der Waals surface area contributed by atoms with Crippen LogP contribution in [-0.4, -0.2) is 12.0 Å². The first-order valence-electron chi connectivity index (χ1n) is 10.2. The topological polar surface area (TPSA) is 9.23 Å². The zero-order valence-electron chi connectivity index (χ0n) is 16.8. The van der Waals surface area contributed by atoms with Crippen LogP contribution in [0.4, 0.5) is 0 Å². The lowest BCUT2D eigenvalue weighted by Gasteiger charge is -2.32. The normalized spacial score (nSPS) is 17.6. The summed E-state index contributed by atoms with van der Waals surface area (Å²) in [5.74, 6) is 0.849. The Morgan fingerprint density at radius 1 is 0.900 bits per heavy atom. The van der Waals surface area contributed by atoms with Crippen molar-refractivity contribution in [3.05, 3.63) is 118 Å². The van der Waals surface area contributed by atoms with E-state index >= 15 is 0 Å². The van der Waals surface area contributed by atoms with Crippen LogP contribution in [0.2, 0.25) is 0 Å². The van der Waals surface area contributed by atoms with Gasteiger partial charge in [0, 0.05) is 9.77 Å². The second kappa shape index (κ2) is 8.25. The van der Waals surface area contributed by atoms with Crippen LogP contribution in [0.1, 0.15) is 33.9 Å². The van der Waals surface area contributed by atoms with Gasteiger partial charge in [-0.15, -0.1) is 11.8 Å². The Hall–Kier alpha value is -2.62. The van der Waals surface area contributed by atoms with E-state index in [4.69, 9.17) is 17.0 Å². The van der Waals surface area contributed by atoms with Crippen molar-refractivity contribution >= 4 is 33.7 Å². The zero-order valence-corrected chi connectivity index (χ0v) is 18.4. The molecule has 1 heterocycles. The van der Waals surface area contributed by atoms with Gasteiger partial charge in [0.15, 0.2) is 0 Å². The molecule has 0 radical (unpaired) electrons. The number of methoxy groups -OCH3 is 1. The first kappa shape index (κ1) is 19.3. The van der Waals surface area contributed by atoms with Crippen molar-refractivity contribution in [1.82, 2.24) is 0 Å². The monoisotopic (exact) mass is 426 g/mol. The maximum Gasteiger partial charge on any atom is 0.118 e. The van der Waals surface area contributed by atoms with E-state index < -0.39 is 0 Å². The molecule has 0 saturated heterocycles. The Kier molecular flexibility index (Phi) is 5.32. The highest BCUT2D eigenvalue weighted by atomic mass is 32.2. The lowest BCUT2D eigenvalue weighted by molar-refractivity contribution is 0.415. The van der Waals surface area contributed by atoms with Gasteiger partial charge < -0.3 is 4.74 Å². The minimum absolute atomic E-state index is 0.186. The molecule has 1 aliphatic carbocycles. The summed E-state index contributed by atoms with van der Waals surface area (Å²) in [7, 11) is 1.69. The van der Waals surface area contributed by atoms with Gasteiger partial charge in [0.25, 0.3) is 0 Å². The van der Waals surface area contributed by atoms with Crippen molar-refractivity contribution in [3.8, 4) is 5.75 Å². The lowest BCUT2D eigenvalue weighted by atomic mass is 9.88. The van der Waals surface area contributed by atoms with Gasteiger partial charge in [-0.25, -0.2) is 0 Å². The zero-order chi connectivity index (χ0) is 20.5. The number of hydrogen-bond acceptors (Lipinski definition) is 3. The van der Waals surface area contributed by atoms with E-state index in [1.54, 1.807) is 7.11 Å². The molecule has 3 heteroatoms. The number of benzene rings is 3. The molecule has 0 saturated carbocycles. The van der Waals surface area contributed by atoms with Gasteiger partial charge in [-0.2, -0.15) is 0 Å². The van der Waals surface area contributed by atoms with E-state index in [9.17, 15) is 0 Å². The van der Waals surface area contributed by atoms with Crippen molar-refractivity contribution in [2.45, 2.75) is 18.1 Å². The summed E-state index contributed by atoms with van der Waals surface area (Å²) in [6.45, 7) is 0. The van der Waals surface area contributed by atoms with Crippen molar-refractivity contribution in [3.63, 3.8) is 0 Å². The molecule has 2 aliphatic rings. The maximum atomic E-state index is 6.02. The number of ether oxygens (including phenoxy) is 1. The van der Waals surface area contributed by atoms with Gasteiger partial charge in [-0.1, -0.05) is 72.9 Å². The van der Waals surface area contributed by atoms with Crippen molar-refractivity contribution < 1.29 is 4.74 Å². The number of rotatable bonds is 4. The highest BCUT2D eigenvalue weighted by Gasteiger charge is 2.31. The molecule has 0 bridgehead atoms.